The molecule has 30 heavy (non-hydrogen) atoms. The highest BCUT2D eigenvalue weighted by Crippen LogP contribution is 2.15. The van der Waals surface area contributed by atoms with Gasteiger partial charge in [-0.15, -0.1) is 0 Å². The molecule has 0 aliphatic rings. The Morgan fingerprint density at radius 3 is 1.93 bits per heavy atom. The van der Waals surface area contributed by atoms with Crippen LogP contribution in [0.2, 0.25) is 0 Å². The van der Waals surface area contributed by atoms with E-state index in [1.165, 1.54) is 38.5 Å². The second-order valence-corrected chi connectivity index (χ2v) is 8.52. The molecule has 0 radical (unpaired) electrons. The van der Waals surface area contributed by atoms with Crippen LogP contribution in [-0.2, 0) is 14.3 Å². The summed E-state index contributed by atoms with van der Waals surface area (Å²) >= 11 is 0. The number of allylic oxidation sites excluding steroid dienone is 1. The Morgan fingerprint density at radius 2 is 1.27 bits per heavy atom. The van der Waals surface area contributed by atoms with Gasteiger partial charge in [0.05, 0.1) is 0 Å². The normalized spacial score (nSPS) is 12.3. The minimum Gasteiger partial charge on any atom is -0.481 e. The summed E-state index contributed by atoms with van der Waals surface area (Å²) in [5.74, 6) is -0.766. The van der Waals surface area contributed by atoms with Crippen molar-refractivity contribution >= 4 is 11.9 Å². The van der Waals surface area contributed by atoms with Gasteiger partial charge in [0.15, 0.2) is 0 Å². The van der Waals surface area contributed by atoms with Crippen LogP contribution in [0.5, 0.6) is 0 Å². The fourth-order valence-corrected chi connectivity index (χ4v) is 3.56. The van der Waals surface area contributed by atoms with Gasteiger partial charge in [0.25, 0.3) is 0 Å². The number of carbonyl (C=O) groups excluding carboxylic acids is 1. The largest absolute Gasteiger partial charge is 0.481 e. The van der Waals surface area contributed by atoms with Crippen molar-refractivity contribution in [3.63, 3.8) is 0 Å². The first kappa shape index (κ1) is 28.7. The minimum absolute atomic E-state index is 0.0636. The summed E-state index contributed by atoms with van der Waals surface area (Å²) < 4.78 is 5.74. The number of carboxylic acid groups (broad SMARTS) is 1. The number of aliphatic carboxylic acids is 1. The highest BCUT2D eigenvalue weighted by atomic mass is 16.5. The van der Waals surface area contributed by atoms with E-state index in [9.17, 15) is 9.59 Å². The summed E-state index contributed by atoms with van der Waals surface area (Å²) in [4.78, 5) is 22.6. The topological polar surface area (TPSA) is 63.6 Å². The van der Waals surface area contributed by atoms with Crippen molar-refractivity contribution in [2.75, 3.05) is 0 Å². The summed E-state index contributed by atoms with van der Waals surface area (Å²) in [7, 11) is 0. The van der Waals surface area contributed by atoms with Gasteiger partial charge < -0.3 is 9.84 Å². The first-order valence-corrected chi connectivity index (χ1v) is 12.7. The standard InChI is InChI=1S/C26H48O4/c1-3-5-7-8-9-10-13-17-20-24(30-26(29)23-16-6-4-2)21-18-14-11-12-15-19-22-25(27)28/h17,20,24H,3-16,18-19,21-23H2,1-2H3,(H,27,28)/b20-17-. The molecule has 0 aromatic carbocycles. The molecule has 0 bridgehead atoms. The Hall–Kier alpha value is -1.32. The number of carbonyl (C=O) groups is 2. The van der Waals surface area contributed by atoms with Gasteiger partial charge in [0, 0.05) is 12.8 Å². The molecule has 0 amide bonds. The van der Waals surface area contributed by atoms with Crippen LogP contribution in [0.4, 0.5) is 0 Å². The van der Waals surface area contributed by atoms with Crippen molar-refractivity contribution in [3.8, 4) is 0 Å². The van der Waals surface area contributed by atoms with E-state index in [2.05, 4.69) is 26.0 Å². The molecule has 0 heterocycles. The predicted molar refractivity (Wildman–Crippen MR) is 126 cm³/mol. The molecular weight excluding hydrogens is 376 g/mol. The zero-order valence-electron chi connectivity index (χ0n) is 19.8. The summed E-state index contributed by atoms with van der Waals surface area (Å²) in [5, 5.41) is 8.66. The maximum absolute atomic E-state index is 12.1. The van der Waals surface area contributed by atoms with Crippen molar-refractivity contribution in [2.24, 2.45) is 0 Å². The SMILES string of the molecule is CCCCCCCC/C=C\C(CCCCCCCCC(=O)O)OC(=O)CCCCC. The second kappa shape index (κ2) is 22.4. The molecule has 1 atom stereocenters. The van der Waals surface area contributed by atoms with Crippen molar-refractivity contribution in [3.05, 3.63) is 12.2 Å². The first-order valence-electron chi connectivity index (χ1n) is 12.7. The average molecular weight is 425 g/mol. The first-order chi connectivity index (χ1) is 14.6. The number of esters is 1. The van der Waals surface area contributed by atoms with Crippen LogP contribution in [0, 0.1) is 0 Å². The van der Waals surface area contributed by atoms with E-state index < -0.39 is 5.97 Å². The minimum atomic E-state index is -0.702. The molecule has 0 aliphatic heterocycles. The molecule has 0 aliphatic carbocycles. The van der Waals surface area contributed by atoms with E-state index in [0.717, 1.165) is 70.6 Å². The molecule has 176 valence electrons. The maximum Gasteiger partial charge on any atom is 0.306 e. The molecule has 0 aromatic heterocycles. The van der Waals surface area contributed by atoms with Crippen LogP contribution < -0.4 is 0 Å². The highest BCUT2D eigenvalue weighted by Gasteiger charge is 2.11. The van der Waals surface area contributed by atoms with Gasteiger partial charge in [-0.05, 0) is 44.6 Å². The third-order valence-electron chi connectivity index (χ3n) is 5.47. The predicted octanol–water partition coefficient (Wildman–Crippen LogP) is 7.99. The number of unbranched alkanes of at least 4 members (excludes halogenated alkanes) is 13. The van der Waals surface area contributed by atoms with Crippen molar-refractivity contribution < 1.29 is 19.4 Å². The molecule has 0 saturated heterocycles. The van der Waals surface area contributed by atoms with E-state index >= 15 is 0 Å². The zero-order chi connectivity index (χ0) is 22.3. The molecule has 0 saturated carbocycles. The summed E-state index contributed by atoms with van der Waals surface area (Å²) in [5.41, 5.74) is 0. The molecule has 1 unspecified atom stereocenters. The lowest BCUT2D eigenvalue weighted by Gasteiger charge is -2.14. The van der Waals surface area contributed by atoms with Gasteiger partial charge in [0.2, 0.25) is 0 Å². The number of hydrogen-bond donors (Lipinski definition) is 1. The molecule has 4 nitrogen and oxygen atoms in total. The van der Waals surface area contributed by atoms with Crippen LogP contribution in [0.1, 0.15) is 136 Å². The van der Waals surface area contributed by atoms with Crippen LogP contribution in [0.25, 0.3) is 0 Å². The quantitative estimate of drug-likeness (QED) is 0.109. The summed E-state index contributed by atoms with van der Waals surface area (Å²) in [6.07, 6.45) is 24.0. The third kappa shape index (κ3) is 21.4. The molecule has 0 rings (SSSR count). The smallest absolute Gasteiger partial charge is 0.306 e. The number of hydrogen-bond acceptors (Lipinski definition) is 3. The van der Waals surface area contributed by atoms with Gasteiger partial charge in [0.1, 0.15) is 6.10 Å². The van der Waals surface area contributed by atoms with E-state index in [0.29, 0.717) is 6.42 Å². The van der Waals surface area contributed by atoms with Gasteiger partial charge >= 0.3 is 11.9 Å². The van der Waals surface area contributed by atoms with Gasteiger partial charge in [-0.25, -0.2) is 0 Å². The fourth-order valence-electron chi connectivity index (χ4n) is 3.56. The maximum atomic E-state index is 12.1. The Kier molecular flexibility index (Phi) is 21.4. The van der Waals surface area contributed by atoms with Crippen molar-refractivity contribution in [1.82, 2.24) is 0 Å². The van der Waals surface area contributed by atoms with Crippen molar-refractivity contribution in [1.29, 1.82) is 0 Å². The Balaban J connectivity index is 4.10. The van der Waals surface area contributed by atoms with E-state index in [4.69, 9.17) is 9.84 Å². The third-order valence-corrected chi connectivity index (χ3v) is 5.47. The van der Waals surface area contributed by atoms with Gasteiger partial charge in [-0.1, -0.05) is 90.6 Å². The van der Waals surface area contributed by atoms with E-state index in [-0.39, 0.29) is 18.5 Å². The number of ether oxygens (including phenoxy) is 1. The molecule has 0 spiro atoms. The van der Waals surface area contributed by atoms with E-state index in [1.54, 1.807) is 0 Å². The second-order valence-electron chi connectivity index (χ2n) is 8.52. The Bertz CT molecular complexity index is 431. The molecule has 1 N–H and O–H groups in total. The van der Waals surface area contributed by atoms with Crippen LogP contribution in [0.3, 0.4) is 0 Å². The molecule has 0 fully saturated rings. The fraction of sp³-hybridized carbons (Fsp3) is 0.846. The van der Waals surface area contributed by atoms with Crippen molar-refractivity contribution in [2.45, 2.75) is 142 Å². The highest BCUT2D eigenvalue weighted by molar-refractivity contribution is 5.69. The Labute approximate surface area is 185 Å². The van der Waals surface area contributed by atoms with E-state index in [1.807, 2.05) is 0 Å². The number of rotatable bonds is 22. The zero-order valence-corrected chi connectivity index (χ0v) is 19.8. The molecule has 4 heteroatoms. The van der Waals surface area contributed by atoms with Crippen LogP contribution >= 0.6 is 0 Å². The molecule has 0 aromatic rings. The monoisotopic (exact) mass is 424 g/mol. The van der Waals surface area contributed by atoms with Gasteiger partial charge in [-0.2, -0.15) is 0 Å². The Morgan fingerprint density at radius 1 is 0.733 bits per heavy atom. The lowest BCUT2D eigenvalue weighted by molar-refractivity contribution is -0.147. The number of carboxylic acids is 1. The van der Waals surface area contributed by atoms with Crippen LogP contribution in [-0.4, -0.2) is 23.1 Å². The van der Waals surface area contributed by atoms with Crippen LogP contribution in [0.15, 0.2) is 12.2 Å². The summed E-state index contributed by atoms with van der Waals surface area (Å²) in [6, 6.07) is 0. The van der Waals surface area contributed by atoms with Gasteiger partial charge in [-0.3, -0.25) is 9.59 Å². The lowest BCUT2D eigenvalue weighted by atomic mass is 10.0. The molecular formula is C26H48O4. The summed E-state index contributed by atoms with van der Waals surface area (Å²) in [6.45, 7) is 4.38. The lowest BCUT2D eigenvalue weighted by Crippen LogP contribution is -2.16. The average Bonchev–Trinajstić information content (AvgIpc) is 2.71.